The first-order valence-corrected chi connectivity index (χ1v) is 17.3. The summed E-state index contributed by atoms with van der Waals surface area (Å²) in [6, 6.07) is 9.35. The maximum Gasteiger partial charge on any atom is 0.228 e. The lowest BCUT2D eigenvalue weighted by Gasteiger charge is -2.48. The average molecular weight is 485 g/mol. The van der Waals surface area contributed by atoms with Gasteiger partial charge in [-0.1, -0.05) is 59.7 Å². The average Bonchev–Trinajstić information content (AvgIpc) is 2.65. The van der Waals surface area contributed by atoms with Crippen LogP contribution in [0.15, 0.2) is 30.3 Å². The second-order valence-corrected chi connectivity index (χ2v) is 21.4. The lowest BCUT2D eigenvalue weighted by molar-refractivity contribution is -0.272. The molecule has 0 saturated carbocycles. The molecule has 1 heterocycles. The van der Waals surface area contributed by atoms with Gasteiger partial charge in [0.1, 0.15) is 30.2 Å². The van der Waals surface area contributed by atoms with Gasteiger partial charge in [-0.25, -0.2) is 0 Å². The zero-order valence-corrected chi connectivity index (χ0v) is 23.5. The maximum atomic E-state index is 11.1. The molecule has 0 aromatic heterocycles. The van der Waals surface area contributed by atoms with E-state index < -0.39 is 47.3 Å². The van der Waals surface area contributed by atoms with Crippen LogP contribution in [-0.4, -0.2) is 64.2 Å². The fourth-order valence-electron chi connectivity index (χ4n) is 2.92. The van der Waals surface area contributed by atoms with Crippen LogP contribution in [0.1, 0.15) is 41.5 Å². The van der Waals surface area contributed by atoms with E-state index in [4.69, 9.17) is 18.3 Å². The van der Waals surface area contributed by atoms with Crippen LogP contribution in [0.5, 0.6) is 5.75 Å². The van der Waals surface area contributed by atoms with E-state index in [0.29, 0.717) is 5.75 Å². The lowest BCUT2D eigenvalue weighted by atomic mass is 9.99. The Balaban J connectivity index is 2.27. The van der Waals surface area contributed by atoms with Crippen molar-refractivity contribution in [1.82, 2.24) is 0 Å². The molecule has 8 heteroatoms. The van der Waals surface area contributed by atoms with Gasteiger partial charge in [0.2, 0.25) is 6.29 Å². The van der Waals surface area contributed by atoms with Crippen LogP contribution in [0.25, 0.3) is 0 Å². The second-order valence-electron chi connectivity index (χ2n) is 11.9. The Bertz CT molecular complexity index is 724. The summed E-state index contributed by atoms with van der Waals surface area (Å²) in [6.45, 7) is 21.6. The van der Waals surface area contributed by atoms with Crippen molar-refractivity contribution < 1.29 is 28.5 Å². The van der Waals surface area contributed by atoms with Gasteiger partial charge in [-0.2, -0.15) is 0 Å². The number of rotatable bonds is 7. The van der Waals surface area contributed by atoms with E-state index in [2.05, 4.69) is 67.7 Å². The first kappa shape index (κ1) is 27.5. The Hall–Kier alpha value is -0.746. The molecule has 5 atom stereocenters. The van der Waals surface area contributed by atoms with Gasteiger partial charge in [0, 0.05) is 0 Å². The minimum atomic E-state index is -2.27. The van der Waals surface area contributed by atoms with E-state index in [-0.39, 0.29) is 16.7 Å². The highest BCUT2D eigenvalue weighted by Gasteiger charge is 2.51. The molecule has 6 nitrogen and oxygen atoms in total. The van der Waals surface area contributed by atoms with E-state index in [0.717, 1.165) is 0 Å². The van der Waals surface area contributed by atoms with Crippen molar-refractivity contribution in [1.29, 1.82) is 0 Å². The summed E-state index contributed by atoms with van der Waals surface area (Å²) in [7, 11) is -4.33. The van der Waals surface area contributed by atoms with Crippen molar-refractivity contribution >= 4 is 16.6 Å². The Labute approximate surface area is 196 Å². The summed E-state index contributed by atoms with van der Waals surface area (Å²) in [5, 5.41) is 22.0. The molecular weight excluding hydrogens is 440 g/mol. The van der Waals surface area contributed by atoms with Crippen molar-refractivity contribution in [3.05, 3.63) is 30.3 Å². The highest BCUT2D eigenvalue weighted by Crippen LogP contribution is 2.40. The van der Waals surface area contributed by atoms with E-state index in [1.54, 1.807) is 0 Å². The van der Waals surface area contributed by atoms with E-state index in [1.807, 2.05) is 30.3 Å². The van der Waals surface area contributed by atoms with Crippen LogP contribution < -0.4 is 4.74 Å². The SMILES string of the molecule is CC(C)(C)[Si](C)(C)OC[C@H]1O[C@@H](Oc2ccccc2)[C@H](O[Si](C)(C)C(C)(C)C)[C@@H](O)[C@@H]1O. The third-order valence-corrected chi connectivity index (χ3v) is 16.3. The fraction of sp³-hybridized carbons (Fsp3) is 0.750. The van der Waals surface area contributed by atoms with Crippen molar-refractivity contribution in [3.63, 3.8) is 0 Å². The molecule has 184 valence electrons. The molecule has 0 unspecified atom stereocenters. The molecule has 1 aliphatic rings. The molecule has 0 radical (unpaired) electrons. The number of aliphatic hydroxyl groups is 2. The summed E-state index contributed by atoms with van der Waals surface area (Å²) in [4.78, 5) is 0. The highest BCUT2D eigenvalue weighted by atomic mass is 28.4. The molecule has 0 aliphatic carbocycles. The topological polar surface area (TPSA) is 77.4 Å². The Morgan fingerprint density at radius 2 is 1.38 bits per heavy atom. The second kappa shape index (κ2) is 9.86. The molecular formula is C24H44O6Si2. The zero-order valence-electron chi connectivity index (χ0n) is 21.5. The van der Waals surface area contributed by atoms with Crippen LogP contribution in [0, 0.1) is 0 Å². The molecule has 1 aromatic rings. The first-order valence-electron chi connectivity index (χ1n) is 11.5. The summed E-state index contributed by atoms with van der Waals surface area (Å²) >= 11 is 0. The first-order chi connectivity index (χ1) is 14.5. The van der Waals surface area contributed by atoms with Gasteiger partial charge < -0.3 is 28.5 Å². The van der Waals surface area contributed by atoms with Gasteiger partial charge in [0.05, 0.1) is 6.61 Å². The molecule has 0 bridgehead atoms. The van der Waals surface area contributed by atoms with Crippen LogP contribution in [-0.2, 0) is 13.6 Å². The smallest absolute Gasteiger partial charge is 0.228 e. The highest BCUT2D eigenvalue weighted by molar-refractivity contribution is 6.74. The maximum absolute atomic E-state index is 11.1. The van der Waals surface area contributed by atoms with Gasteiger partial charge in [0.25, 0.3) is 0 Å². The minimum absolute atomic E-state index is 0.0269. The van der Waals surface area contributed by atoms with Gasteiger partial charge in [0.15, 0.2) is 16.6 Å². The number of benzene rings is 1. The van der Waals surface area contributed by atoms with Crippen LogP contribution in [0.2, 0.25) is 36.3 Å². The quantitative estimate of drug-likeness (QED) is 0.535. The number of hydrogen-bond acceptors (Lipinski definition) is 6. The monoisotopic (exact) mass is 484 g/mol. The third-order valence-electron chi connectivity index (χ3n) is 7.29. The van der Waals surface area contributed by atoms with E-state index in [9.17, 15) is 10.2 Å². The Morgan fingerprint density at radius 3 is 1.88 bits per heavy atom. The van der Waals surface area contributed by atoms with Crippen molar-refractivity contribution in [3.8, 4) is 5.75 Å². The zero-order chi connectivity index (χ0) is 24.5. The molecule has 2 rings (SSSR count). The summed E-state index contributed by atoms with van der Waals surface area (Å²) in [6.07, 6.45) is -4.68. The predicted molar refractivity (Wildman–Crippen MR) is 133 cm³/mol. The molecule has 1 aromatic carbocycles. The summed E-state index contributed by atoms with van der Waals surface area (Å²) < 4.78 is 25.2. The number of para-hydroxylation sites is 1. The van der Waals surface area contributed by atoms with Gasteiger partial charge in [-0.15, -0.1) is 0 Å². The largest absolute Gasteiger partial charge is 0.462 e. The van der Waals surface area contributed by atoms with Gasteiger partial charge in [-0.05, 0) is 48.4 Å². The van der Waals surface area contributed by atoms with E-state index >= 15 is 0 Å². The van der Waals surface area contributed by atoms with Crippen LogP contribution in [0.3, 0.4) is 0 Å². The number of ether oxygens (including phenoxy) is 2. The number of aliphatic hydroxyl groups excluding tert-OH is 2. The van der Waals surface area contributed by atoms with Gasteiger partial charge in [-0.3, -0.25) is 0 Å². The van der Waals surface area contributed by atoms with Crippen molar-refractivity contribution in [2.75, 3.05) is 6.61 Å². The standard InChI is InChI=1S/C24H44O6Si2/c1-23(2,3)31(7,8)27-16-18-19(25)20(26)21(30-32(9,10)24(4,5)6)22(29-18)28-17-14-12-11-13-15-17/h11-15,18-22,25-26H,16H2,1-10H3/t18-,19-,20+,21-,22-/m1/s1. The van der Waals surface area contributed by atoms with Crippen LogP contribution >= 0.6 is 0 Å². The van der Waals surface area contributed by atoms with E-state index in [1.165, 1.54) is 0 Å². The third kappa shape index (κ3) is 6.43. The van der Waals surface area contributed by atoms with Crippen molar-refractivity contribution in [2.24, 2.45) is 0 Å². The minimum Gasteiger partial charge on any atom is -0.462 e. The molecule has 2 N–H and O–H groups in total. The lowest BCUT2D eigenvalue weighted by Crippen LogP contribution is -2.64. The summed E-state index contributed by atoms with van der Waals surface area (Å²) in [5.74, 6) is 0.619. The molecule has 32 heavy (non-hydrogen) atoms. The molecule has 0 amide bonds. The predicted octanol–water partition coefficient (Wildman–Crippen LogP) is 4.92. The molecule has 1 saturated heterocycles. The van der Waals surface area contributed by atoms with Crippen molar-refractivity contribution in [2.45, 2.75) is 109 Å². The summed E-state index contributed by atoms with van der Waals surface area (Å²) in [5.41, 5.74) is 0. The number of hydrogen-bond donors (Lipinski definition) is 2. The molecule has 1 aliphatic heterocycles. The fourth-order valence-corrected chi connectivity index (χ4v) is 5.22. The molecule has 0 spiro atoms. The van der Waals surface area contributed by atoms with Crippen LogP contribution in [0.4, 0.5) is 0 Å². The Kier molecular flexibility index (Phi) is 8.47. The molecule has 1 fully saturated rings. The Morgan fingerprint density at radius 1 is 0.844 bits per heavy atom. The normalized spacial score (nSPS) is 27.9. The van der Waals surface area contributed by atoms with Gasteiger partial charge >= 0.3 is 0 Å².